The molecule has 5 heteroatoms. The number of piperidine rings is 1. The maximum atomic E-state index is 12.5. The summed E-state index contributed by atoms with van der Waals surface area (Å²) < 4.78 is 10.9. The monoisotopic (exact) mass is 319 g/mol. The van der Waals surface area contributed by atoms with Gasteiger partial charge in [-0.15, -0.1) is 0 Å². The number of hydrogen-bond donors (Lipinski definition) is 1. The fourth-order valence-corrected chi connectivity index (χ4v) is 3.36. The van der Waals surface area contributed by atoms with Crippen molar-refractivity contribution in [2.45, 2.75) is 44.3 Å². The number of methoxy groups -OCH3 is 1. The molecule has 2 aliphatic rings. The normalized spacial score (nSPS) is 21.6. The Hall–Kier alpha value is -1.75. The average molecular weight is 319 g/mol. The zero-order valence-electron chi connectivity index (χ0n) is 13.8. The highest BCUT2D eigenvalue weighted by atomic mass is 16.5. The van der Waals surface area contributed by atoms with Crippen molar-refractivity contribution in [3.8, 4) is 11.5 Å². The predicted molar refractivity (Wildman–Crippen MR) is 86.6 cm³/mol. The molecule has 1 saturated heterocycles. The summed E-state index contributed by atoms with van der Waals surface area (Å²) in [6.45, 7) is 3.19. The summed E-state index contributed by atoms with van der Waals surface area (Å²) >= 11 is 0. The van der Waals surface area contributed by atoms with Crippen molar-refractivity contribution in [3.63, 3.8) is 0 Å². The van der Waals surface area contributed by atoms with E-state index in [-0.39, 0.29) is 5.91 Å². The van der Waals surface area contributed by atoms with Crippen LogP contribution in [0.3, 0.4) is 0 Å². The van der Waals surface area contributed by atoms with Crippen molar-refractivity contribution in [1.82, 2.24) is 4.90 Å². The van der Waals surface area contributed by atoms with Crippen LogP contribution in [0.25, 0.3) is 0 Å². The van der Waals surface area contributed by atoms with Crippen LogP contribution >= 0.6 is 0 Å². The average Bonchev–Trinajstić information content (AvgIpc) is 3.33. The predicted octanol–water partition coefficient (Wildman–Crippen LogP) is 2.23. The van der Waals surface area contributed by atoms with E-state index in [1.165, 1.54) is 0 Å². The number of likely N-dealkylation sites (tertiary alicyclic amines) is 1. The second kappa shape index (κ2) is 6.40. The molecule has 5 nitrogen and oxygen atoms in total. The quantitative estimate of drug-likeness (QED) is 0.904. The molecule has 1 aromatic rings. The molecule has 1 unspecified atom stereocenters. The number of carbonyl (C=O) groups excluding carboxylic acids is 1. The van der Waals surface area contributed by atoms with Crippen LogP contribution in [0.1, 0.15) is 32.6 Å². The molecule has 1 N–H and O–H groups in total. The SMILES string of the molecule is COc1cccc(OC(C)C(=O)N2CCC(C3(O)CC3)CC2)c1. The molecule has 3 rings (SSSR count). The molecule has 1 atom stereocenters. The number of benzene rings is 1. The summed E-state index contributed by atoms with van der Waals surface area (Å²) in [7, 11) is 1.60. The first-order chi connectivity index (χ1) is 11.0. The summed E-state index contributed by atoms with van der Waals surface area (Å²) in [5.74, 6) is 1.70. The van der Waals surface area contributed by atoms with Crippen LogP contribution in [0, 0.1) is 5.92 Å². The van der Waals surface area contributed by atoms with Gasteiger partial charge in [-0.25, -0.2) is 0 Å². The van der Waals surface area contributed by atoms with Gasteiger partial charge in [-0.3, -0.25) is 4.79 Å². The van der Waals surface area contributed by atoms with Crippen LogP contribution < -0.4 is 9.47 Å². The van der Waals surface area contributed by atoms with Crippen LogP contribution in [-0.2, 0) is 4.79 Å². The molecule has 1 aliphatic carbocycles. The summed E-state index contributed by atoms with van der Waals surface area (Å²) in [4.78, 5) is 14.4. The highest BCUT2D eigenvalue weighted by molar-refractivity contribution is 5.81. The number of carbonyl (C=O) groups is 1. The van der Waals surface area contributed by atoms with E-state index < -0.39 is 11.7 Å². The molecule has 1 heterocycles. The molecular weight excluding hydrogens is 294 g/mol. The van der Waals surface area contributed by atoms with E-state index in [0.717, 1.165) is 25.7 Å². The Labute approximate surface area is 137 Å². The lowest BCUT2D eigenvalue weighted by molar-refractivity contribution is -0.140. The van der Waals surface area contributed by atoms with Gasteiger partial charge < -0.3 is 19.5 Å². The smallest absolute Gasteiger partial charge is 0.263 e. The van der Waals surface area contributed by atoms with Crippen LogP contribution in [0.5, 0.6) is 11.5 Å². The molecule has 1 aliphatic heterocycles. The molecule has 1 aromatic carbocycles. The molecule has 1 saturated carbocycles. The maximum absolute atomic E-state index is 12.5. The number of ether oxygens (including phenoxy) is 2. The van der Waals surface area contributed by atoms with Crippen LogP contribution in [0.2, 0.25) is 0 Å². The van der Waals surface area contributed by atoms with Crippen molar-refractivity contribution in [3.05, 3.63) is 24.3 Å². The fourth-order valence-electron chi connectivity index (χ4n) is 3.36. The molecule has 1 amide bonds. The number of hydrogen-bond acceptors (Lipinski definition) is 4. The van der Waals surface area contributed by atoms with Crippen LogP contribution in [0.4, 0.5) is 0 Å². The lowest BCUT2D eigenvalue weighted by atomic mass is 9.89. The first-order valence-electron chi connectivity index (χ1n) is 8.34. The van der Waals surface area contributed by atoms with Gasteiger partial charge in [-0.1, -0.05) is 6.07 Å². The van der Waals surface area contributed by atoms with E-state index in [1.54, 1.807) is 20.1 Å². The number of nitrogens with zero attached hydrogens (tertiary/aromatic N) is 1. The zero-order valence-corrected chi connectivity index (χ0v) is 13.8. The van der Waals surface area contributed by atoms with E-state index in [2.05, 4.69) is 0 Å². The number of rotatable bonds is 5. The largest absolute Gasteiger partial charge is 0.497 e. The van der Waals surface area contributed by atoms with Crippen LogP contribution in [-0.4, -0.2) is 47.8 Å². The van der Waals surface area contributed by atoms with Gasteiger partial charge in [0.25, 0.3) is 5.91 Å². The third-order valence-electron chi connectivity index (χ3n) is 5.03. The topological polar surface area (TPSA) is 59.0 Å². The maximum Gasteiger partial charge on any atom is 0.263 e. The Morgan fingerprint density at radius 2 is 1.96 bits per heavy atom. The van der Waals surface area contributed by atoms with Gasteiger partial charge in [-0.05, 0) is 50.7 Å². The summed E-state index contributed by atoms with van der Waals surface area (Å²) in [6, 6.07) is 7.28. The first kappa shape index (κ1) is 16.1. The number of amides is 1. The van der Waals surface area contributed by atoms with E-state index in [9.17, 15) is 9.90 Å². The zero-order chi connectivity index (χ0) is 16.4. The van der Waals surface area contributed by atoms with E-state index >= 15 is 0 Å². The van der Waals surface area contributed by atoms with Crippen molar-refractivity contribution >= 4 is 5.91 Å². The molecule has 0 bridgehead atoms. The summed E-state index contributed by atoms with van der Waals surface area (Å²) in [5, 5.41) is 10.2. The standard InChI is InChI=1S/C18H25NO4/c1-13(23-16-5-3-4-15(12-16)22-2)17(20)19-10-6-14(7-11-19)18(21)8-9-18/h3-5,12-14,21H,6-11H2,1-2H3. The molecule has 0 radical (unpaired) electrons. The molecule has 2 fully saturated rings. The minimum atomic E-state index is -0.525. The van der Waals surface area contributed by atoms with Crippen molar-refractivity contribution in [1.29, 1.82) is 0 Å². The van der Waals surface area contributed by atoms with Gasteiger partial charge in [-0.2, -0.15) is 0 Å². The lowest BCUT2D eigenvalue weighted by Crippen LogP contribution is -2.46. The highest BCUT2D eigenvalue weighted by Gasteiger charge is 2.48. The van der Waals surface area contributed by atoms with E-state index in [4.69, 9.17) is 9.47 Å². The van der Waals surface area contributed by atoms with Gasteiger partial charge in [0.1, 0.15) is 11.5 Å². The van der Waals surface area contributed by atoms with E-state index in [1.807, 2.05) is 23.1 Å². The van der Waals surface area contributed by atoms with Gasteiger partial charge in [0, 0.05) is 19.2 Å². The molecule has 0 spiro atoms. The lowest BCUT2D eigenvalue weighted by Gasteiger charge is -2.35. The van der Waals surface area contributed by atoms with Gasteiger partial charge >= 0.3 is 0 Å². The van der Waals surface area contributed by atoms with Crippen LogP contribution in [0.15, 0.2) is 24.3 Å². The summed E-state index contributed by atoms with van der Waals surface area (Å²) in [6.07, 6.45) is 3.08. The minimum absolute atomic E-state index is 0.00839. The third-order valence-corrected chi connectivity index (χ3v) is 5.03. The van der Waals surface area contributed by atoms with Crippen molar-refractivity contribution in [2.24, 2.45) is 5.92 Å². The Balaban J connectivity index is 1.53. The Morgan fingerprint density at radius 1 is 1.30 bits per heavy atom. The Bertz CT molecular complexity index is 562. The highest BCUT2D eigenvalue weighted by Crippen LogP contribution is 2.46. The Kier molecular flexibility index (Phi) is 4.48. The van der Waals surface area contributed by atoms with Crippen molar-refractivity contribution < 1.29 is 19.4 Å². The van der Waals surface area contributed by atoms with Gasteiger partial charge in [0.15, 0.2) is 6.10 Å². The molecular formula is C18H25NO4. The van der Waals surface area contributed by atoms with Crippen molar-refractivity contribution in [2.75, 3.05) is 20.2 Å². The summed E-state index contributed by atoms with van der Waals surface area (Å²) in [5.41, 5.74) is -0.433. The second-order valence-electron chi connectivity index (χ2n) is 6.64. The fraction of sp³-hybridized carbons (Fsp3) is 0.611. The van der Waals surface area contributed by atoms with Gasteiger partial charge in [0.05, 0.1) is 12.7 Å². The third kappa shape index (κ3) is 3.61. The molecule has 23 heavy (non-hydrogen) atoms. The molecule has 0 aromatic heterocycles. The first-order valence-corrected chi connectivity index (χ1v) is 8.34. The molecule has 126 valence electrons. The van der Waals surface area contributed by atoms with E-state index in [0.29, 0.717) is 30.5 Å². The minimum Gasteiger partial charge on any atom is -0.497 e. The van der Waals surface area contributed by atoms with Gasteiger partial charge in [0.2, 0.25) is 0 Å². The number of aliphatic hydroxyl groups is 1. The Morgan fingerprint density at radius 3 is 2.57 bits per heavy atom. The second-order valence-corrected chi connectivity index (χ2v) is 6.64.